The highest BCUT2D eigenvalue weighted by atomic mass is 16.5. The number of carbonyl (C=O) groups excluding carboxylic acids is 2. The number of nitrogens with zero attached hydrogens (tertiary/aromatic N) is 1. The van der Waals surface area contributed by atoms with Crippen LogP contribution >= 0.6 is 0 Å². The zero-order valence-corrected chi connectivity index (χ0v) is 22.1. The molecule has 0 bridgehead atoms. The molecular weight excluding hydrogens is 486 g/mol. The van der Waals surface area contributed by atoms with Gasteiger partial charge in [-0.3, -0.25) is 14.5 Å². The zero-order valence-electron chi connectivity index (χ0n) is 22.1. The van der Waals surface area contributed by atoms with Crippen LogP contribution in [0.1, 0.15) is 36.6 Å². The molecule has 198 valence electrons. The molecule has 8 heteroatoms. The van der Waals surface area contributed by atoms with E-state index in [0.717, 1.165) is 5.56 Å². The highest BCUT2D eigenvalue weighted by molar-refractivity contribution is 6.51. The Hall–Kier alpha value is -4.46. The summed E-state index contributed by atoms with van der Waals surface area (Å²) in [5, 5.41) is 11.4. The molecule has 4 rings (SSSR count). The Morgan fingerprint density at radius 1 is 0.842 bits per heavy atom. The smallest absolute Gasteiger partial charge is 0.300 e. The van der Waals surface area contributed by atoms with Gasteiger partial charge in [0.2, 0.25) is 0 Å². The molecule has 8 nitrogen and oxygen atoms in total. The largest absolute Gasteiger partial charge is 0.507 e. The Balaban J connectivity index is 1.93. The average molecular weight is 518 g/mol. The van der Waals surface area contributed by atoms with E-state index in [2.05, 4.69) is 0 Å². The number of aliphatic hydroxyl groups excluding tert-OH is 1. The fraction of sp³-hybridized carbons (Fsp3) is 0.267. The van der Waals surface area contributed by atoms with Crippen LogP contribution in [0.15, 0.2) is 66.2 Å². The molecule has 1 saturated heterocycles. The predicted octanol–water partition coefficient (Wildman–Crippen LogP) is 5.44. The van der Waals surface area contributed by atoms with Crippen molar-refractivity contribution < 1.29 is 33.6 Å². The van der Waals surface area contributed by atoms with Gasteiger partial charge in [0.25, 0.3) is 11.7 Å². The SMILES string of the molecule is CCOc1ccc(N2C(=O)C(=O)/C(=C(/O)c3ccc(OC)c(OC)c3)C2c2cccc(C)c2)cc1OCC. The second kappa shape index (κ2) is 11.3. The van der Waals surface area contributed by atoms with Gasteiger partial charge in [-0.2, -0.15) is 0 Å². The first-order valence-corrected chi connectivity index (χ1v) is 12.3. The summed E-state index contributed by atoms with van der Waals surface area (Å²) in [6.45, 7) is 6.48. The maximum absolute atomic E-state index is 13.5. The van der Waals surface area contributed by atoms with Gasteiger partial charge in [-0.1, -0.05) is 29.8 Å². The molecule has 38 heavy (non-hydrogen) atoms. The van der Waals surface area contributed by atoms with E-state index in [0.29, 0.717) is 53.0 Å². The molecule has 0 saturated carbocycles. The lowest BCUT2D eigenvalue weighted by Gasteiger charge is -2.26. The van der Waals surface area contributed by atoms with Crippen LogP contribution in [0.4, 0.5) is 5.69 Å². The number of hydrogen-bond acceptors (Lipinski definition) is 7. The molecule has 0 aromatic heterocycles. The lowest BCUT2D eigenvalue weighted by molar-refractivity contribution is -0.132. The number of amides is 1. The molecule has 3 aromatic carbocycles. The number of carbonyl (C=O) groups is 2. The van der Waals surface area contributed by atoms with Gasteiger partial charge in [0, 0.05) is 17.3 Å². The Morgan fingerprint density at radius 2 is 1.53 bits per heavy atom. The van der Waals surface area contributed by atoms with Gasteiger partial charge < -0.3 is 24.1 Å². The zero-order chi connectivity index (χ0) is 27.4. The van der Waals surface area contributed by atoms with Crippen molar-refractivity contribution in [1.29, 1.82) is 0 Å². The van der Waals surface area contributed by atoms with Gasteiger partial charge in [0.1, 0.15) is 5.76 Å². The first-order chi connectivity index (χ1) is 18.3. The van der Waals surface area contributed by atoms with Crippen molar-refractivity contribution in [2.75, 3.05) is 32.3 Å². The van der Waals surface area contributed by atoms with E-state index in [1.807, 2.05) is 45.0 Å². The summed E-state index contributed by atoms with van der Waals surface area (Å²) in [5.41, 5.74) is 2.36. The van der Waals surface area contributed by atoms with Crippen molar-refractivity contribution in [2.45, 2.75) is 26.8 Å². The summed E-state index contributed by atoms with van der Waals surface area (Å²) < 4.78 is 22.1. The molecular formula is C30H31NO7. The molecule has 0 radical (unpaired) electrons. The van der Waals surface area contributed by atoms with Crippen LogP contribution in [0.3, 0.4) is 0 Å². The summed E-state index contributed by atoms with van der Waals surface area (Å²) in [5.74, 6) is -0.0258. The predicted molar refractivity (Wildman–Crippen MR) is 144 cm³/mol. The highest BCUT2D eigenvalue weighted by Crippen LogP contribution is 2.45. The van der Waals surface area contributed by atoms with Crippen LogP contribution < -0.4 is 23.8 Å². The third kappa shape index (κ3) is 4.89. The topological polar surface area (TPSA) is 94.5 Å². The normalized spacial score (nSPS) is 16.4. The number of ketones is 1. The molecule has 1 amide bonds. The van der Waals surface area contributed by atoms with Crippen molar-refractivity contribution >= 4 is 23.1 Å². The van der Waals surface area contributed by atoms with E-state index >= 15 is 0 Å². The molecule has 1 atom stereocenters. The first-order valence-electron chi connectivity index (χ1n) is 12.3. The fourth-order valence-electron chi connectivity index (χ4n) is 4.58. The van der Waals surface area contributed by atoms with E-state index < -0.39 is 17.7 Å². The maximum Gasteiger partial charge on any atom is 0.300 e. The molecule has 0 spiro atoms. The number of aliphatic hydroxyl groups is 1. The summed E-state index contributed by atoms with van der Waals surface area (Å²) in [7, 11) is 2.99. The van der Waals surface area contributed by atoms with Gasteiger partial charge >= 0.3 is 0 Å². The summed E-state index contributed by atoms with van der Waals surface area (Å²) in [4.78, 5) is 28.4. The number of ether oxygens (including phenoxy) is 4. The number of hydrogen-bond donors (Lipinski definition) is 1. The molecule has 1 aliphatic heterocycles. The van der Waals surface area contributed by atoms with E-state index in [-0.39, 0.29) is 11.3 Å². The Morgan fingerprint density at radius 3 is 2.18 bits per heavy atom. The quantitative estimate of drug-likeness (QED) is 0.230. The maximum atomic E-state index is 13.5. The molecule has 3 aromatic rings. The van der Waals surface area contributed by atoms with Crippen molar-refractivity contribution in [1.82, 2.24) is 0 Å². The molecule has 1 unspecified atom stereocenters. The number of methoxy groups -OCH3 is 2. The highest BCUT2D eigenvalue weighted by Gasteiger charge is 2.47. The third-order valence-electron chi connectivity index (χ3n) is 6.26. The standard InChI is InChI=1S/C30H31NO7/c1-6-37-23-14-12-21(17-25(23)38-7-2)31-27(19-10-8-9-18(3)15-19)26(29(33)30(31)34)28(32)20-11-13-22(35-4)24(16-20)36-5/h8-17,27,32H,6-7H2,1-5H3/b28-26+. The lowest BCUT2D eigenvalue weighted by Crippen LogP contribution is -2.29. The van der Waals surface area contributed by atoms with Crippen molar-refractivity contribution in [3.8, 4) is 23.0 Å². The van der Waals surface area contributed by atoms with Crippen LogP contribution in [0.5, 0.6) is 23.0 Å². The third-order valence-corrected chi connectivity index (χ3v) is 6.26. The van der Waals surface area contributed by atoms with Crippen molar-refractivity contribution in [2.24, 2.45) is 0 Å². The monoisotopic (exact) mass is 517 g/mol. The summed E-state index contributed by atoms with van der Waals surface area (Å²) in [6.07, 6.45) is 0. The molecule has 0 aliphatic carbocycles. The first kappa shape index (κ1) is 26.6. The fourth-order valence-corrected chi connectivity index (χ4v) is 4.58. The molecule has 1 aliphatic rings. The minimum atomic E-state index is -0.879. The molecule has 1 N–H and O–H groups in total. The van der Waals surface area contributed by atoms with Crippen molar-refractivity contribution in [3.05, 3.63) is 82.9 Å². The van der Waals surface area contributed by atoms with Crippen LogP contribution in [-0.2, 0) is 9.59 Å². The lowest BCUT2D eigenvalue weighted by atomic mass is 9.94. The van der Waals surface area contributed by atoms with Gasteiger partial charge in [-0.25, -0.2) is 0 Å². The second-order valence-corrected chi connectivity index (χ2v) is 8.65. The van der Waals surface area contributed by atoms with Gasteiger partial charge in [-0.05, 0) is 56.7 Å². The molecule has 1 heterocycles. The Labute approximate surface area is 222 Å². The van der Waals surface area contributed by atoms with Crippen LogP contribution in [0.2, 0.25) is 0 Å². The average Bonchev–Trinajstić information content (AvgIpc) is 3.19. The Kier molecular flexibility index (Phi) is 7.90. The van der Waals surface area contributed by atoms with Crippen molar-refractivity contribution in [3.63, 3.8) is 0 Å². The number of rotatable bonds is 9. The second-order valence-electron chi connectivity index (χ2n) is 8.65. The number of benzene rings is 3. The Bertz CT molecular complexity index is 1400. The minimum Gasteiger partial charge on any atom is -0.507 e. The number of Topliss-reactive ketones (excluding diaryl/α,β-unsaturated/α-hetero) is 1. The minimum absolute atomic E-state index is 0.0281. The van der Waals surface area contributed by atoms with Crippen LogP contribution in [-0.4, -0.2) is 44.2 Å². The van der Waals surface area contributed by atoms with Gasteiger partial charge in [0.05, 0.1) is 39.0 Å². The van der Waals surface area contributed by atoms with E-state index in [1.165, 1.54) is 19.1 Å². The van der Waals surface area contributed by atoms with Gasteiger partial charge in [0.15, 0.2) is 23.0 Å². The van der Waals surface area contributed by atoms with E-state index in [9.17, 15) is 14.7 Å². The van der Waals surface area contributed by atoms with E-state index in [4.69, 9.17) is 18.9 Å². The van der Waals surface area contributed by atoms with E-state index in [1.54, 1.807) is 36.4 Å². The van der Waals surface area contributed by atoms with Crippen LogP contribution in [0, 0.1) is 6.92 Å². The number of aryl methyl sites for hydroxylation is 1. The van der Waals surface area contributed by atoms with Gasteiger partial charge in [-0.15, -0.1) is 0 Å². The van der Waals surface area contributed by atoms with Crippen LogP contribution in [0.25, 0.3) is 5.76 Å². The summed E-state index contributed by atoms with van der Waals surface area (Å²) >= 11 is 0. The molecule has 1 fully saturated rings. The summed E-state index contributed by atoms with van der Waals surface area (Å²) in [6, 6.07) is 16.5. The number of anilines is 1.